The van der Waals surface area contributed by atoms with Crippen molar-refractivity contribution in [2.75, 3.05) is 20.8 Å². The molecule has 0 radical (unpaired) electrons. The number of fused-ring (bicyclic) bond motifs is 1. The summed E-state index contributed by atoms with van der Waals surface area (Å²) >= 11 is 0. The van der Waals surface area contributed by atoms with E-state index in [1.165, 1.54) is 38.5 Å². The van der Waals surface area contributed by atoms with E-state index in [4.69, 9.17) is 14.2 Å². The van der Waals surface area contributed by atoms with Gasteiger partial charge in [-0.3, -0.25) is 4.79 Å². The zero-order valence-electron chi connectivity index (χ0n) is 16.4. The molecule has 0 bridgehead atoms. The number of rotatable bonds is 5. The fraction of sp³-hybridized carbons (Fsp3) is 0.318. The third-order valence-corrected chi connectivity index (χ3v) is 4.80. The number of phenols is 2. The van der Waals surface area contributed by atoms with Crippen molar-refractivity contribution in [2.45, 2.75) is 26.2 Å². The summed E-state index contributed by atoms with van der Waals surface area (Å²) in [4.78, 5) is 13.1. The van der Waals surface area contributed by atoms with Crippen LogP contribution in [-0.4, -0.2) is 36.8 Å². The van der Waals surface area contributed by atoms with Gasteiger partial charge in [-0.2, -0.15) is 0 Å². The van der Waals surface area contributed by atoms with Crippen molar-refractivity contribution in [3.63, 3.8) is 0 Å². The standard InChI is InChI=1S/C22H24O6/c1-12(2)5-7-15-18(26-3)10-17(24)20(22(15)27-4)16-11-28-19-9-13(23)6-8-14(19)21(16)25/h5-6,8-10,16,23-24H,7,11H2,1-4H3/t16-/m1/s1. The fourth-order valence-electron chi connectivity index (χ4n) is 3.42. The molecule has 2 aromatic carbocycles. The molecule has 0 spiro atoms. The highest BCUT2D eigenvalue weighted by atomic mass is 16.5. The summed E-state index contributed by atoms with van der Waals surface area (Å²) in [7, 11) is 3.03. The highest BCUT2D eigenvalue weighted by Crippen LogP contribution is 2.46. The molecule has 2 aromatic rings. The van der Waals surface area contributed by atoms with Gasteiger partial charge in [-0.25, -0.2) is 0 Å². The van der Waals surface area contributed by atoms with E-state index >= 15 is 0 Å². The minimum absolute atomic E-state index is 0.0267. The largest absolute Gasteiger partial charge is 0.508 e. The van der Waals surface area contributed by atoms with Crippen molar-refractivity contribution in [1.82, 2.24) is 0 Å². The number of ketones is 1. The topological polar surface area (TPSA) is 85.2 Å². The first-order valence-electron chi connectivity index (χ1n) is 8.97. The number of hydrogen-bond donors (Lipinski definition) is 2. The Hall–Kier alpha value is -3.15. The van der Waals surface area contributed by atoms with Crippen LogP contribution in [0, 0.1) is 0 Å². The Balaban J connectivity index is 2.13. The number of carbonyl (C=O) groups excluding carboxylic acids is 1. The first-order valence-corrected chi connectivity index (χ1v) is 8.97. The van der Waals surface area contributed by atoms with Crippen LogP contribution in [0.15, 0.2) is 35.9 Å². The second kappa shape index (κ2) is 7.84. The van der Waals surface area contributed by atoms with E-state index in [-0.39, 0.29) is 23.9 Å². The van der Waals surface area contributed by atoms with Gasteiger partial charge < -0.3 is 24.4 Å². The van der Waals surface area contributed by atoms with Gasteiger partial charge in [0, 0.05) is 17.7 Å². The first-order chi connectivity index (χ1) is 13.4. The SMILES string of the molecule is COc1cc(O)c([C@H]2COc3cc(O)ccc3C2=O)c(OC)c1CC=C(C)C. The monoisotopic (exact) mass is 384 g/mol. The summed E-state index contributed by atoms with van der Waals surface area (Å²) < 4.78 is 16.8. The van der Waals surface area contributed by atoms with E-state index in [0.29, 0.717) is 34.8 Å². The van der Waals surface area contributed by atoms with Crippen molar-refractivity contribution in [3.8, 4) is 28.7 Å². The highest BCUT2D eigenvalue weighted by molar-refractivity contribution is 6.05. The van der Waals surface area contributed by atoms with Gasteiger partial charge in [0.2, 0.25) is 0 Å². The van der Waals surface area contributed by atoms with E-state index < -0.39 is 5.92 Å². The summed E-state index contributed by atoms with van der Waals surface area (Å²) in [6.45, 7) is 4.02. The molecule has 2 N–H and O–H groups in total. The predicted molar refractivity (Wildman–Crippen MR) is 105 cm³/mol. The number of hydrogen-bond acceptors (Lipinski definition) is 6. The lowest BCUT2D eigenvalue weighted by molar-refractivity contribution is 0.0891. The van der Waals surface area contributed by atoms with Crippen molar-refractivity contribution < 1.29 is 29.2 Å². The normalized spacial score (nSPS) is 15.4. The second-order valence-corrected chi connectivity index (χ2v) is 6.92. The van der Waals surface area contributed by atoms with Gasteiger partial charge in [0.05, 0.1) is 31.3 Å². The third kappa shape index (κ3) is 3.50. The van der Waals surface area contributed by atoms with Crippen LogP contribution in [0.2, 0.25) is 0 Å². The predicted octanol–water partition coefficient (Wildman–Crippen LogP) is 3.98. The van der Waals surface area contributed by atoms with E-state index in [2.05, 4.69) is 0 Å². The molecule has 148 valence electrons. The first kappa shape index (κ1) is 19.6. The zero-order valence-corrected chi connectivity index (χ0v) is 16.4. The molecule has 0 amide bonds. The van der Waals surface area contributed by atoms with E-state index in [9.17, 15) is 15.0 Å². The molecule has 1 atom stereocenters. The lowest BCUT2D eigenvalue weighted by Crippen LogP contribution is -2.26. The Morgan fingerprint density at radius 3 is 2.61 bits per heavy atom. The number of Topliss-reactive ketones (excluding diaryl/α,β-unsaturated/α-hetero) is 1. The van der Waals surface area contributed by atoms with Crippen LogP contribution in [0.4, 0.5) is 0 Å². The summed E-state index contributed by atoms with van der Waals surface area (Å²) in [5, 5.41) is 20.3. The average Bonchev–Trinajstić information content (AvgIpc) is 2.66. The number of ether oxygens (including phenoxy) is 3. The molecule has 0 saturated carbocycles. The summed E-state index contributed by atoms with van der Waals surface area (Å²) in [6, 6.07) is 5.88. The molecular weight excluding hydrogens is 360 g/mol. The Kier molecular flexibility index (Phi) is 5.49. The maximum atomic E-state index is 13.1. The Bertz CT molecular complexity index is 941. The quantitative estimate of drug-likeness (QED) is 0.759. The number of methoxy groups -OCH3 is 2. The van der Waals surface area contributed by atoms with Crippen LogP contribution in [0.3, 0.4) is 0 Å². The molecule has 0 aliphatic carbocycles. The fourth-order valence-corrected chi connectivity index (χ4v) is 3.42. The van der Waals surface area contributed by atoms with Crippen LogP contribution < -0.4 is 14.2 Å². The molecule has 3 rings (SSSR count). The van der Waals surface area contributed by atoms with Crippen LogP contribution in [0.25, 0.3) is 0 Å². The van der Waals surface area contributed by atoms with Crippen LogP contribution in [-0.2, 0) is 6.42 Å². The maximum absolute atomic E-state index is 13.1. The molecule has 0 aromatic heterocycles. The lowest BCUT2D eigenvalue weighted by atomic mass is 9.86. The van der Waals surface area contributed by atoms with Crippen molar-refractivity contribution in [1.29, 1.82) is 0 Å². The van der Waals surface area contributed by atoms with Gasteiger partial charge in [0.25, 0.3) is 0 Å². The minimum Gasteiger partial charge on any atom is -0.508 e. The Morgan fingerprint density at radius 1 is 1.21 bits per heavy atom. The summed E-state index contributed by atoms with van der Waals surface area (Å²) in [6.07, 6.45) is 2.56. The second-order valence-electron chi connectivity index (χ2n) is 6.92. The van der Waals surface area contributed by atoms with E-state index in [0.717, 1.165) is 11.1 Å². The Labute approximate surface area is 164 Å². The minimum atomic E-state index is -0.733. The molecule has 6 heteroatoms. The summed E-state index contributed by atoms with van der Waals surface area (Å²) in [5.74, 6) is 0.246. The zero-order chi connectivity index (χ0) is 20.4. The van der Waals surface area contributed by atoms with Gasteiger partial charge in [-0.05, 0) is 32.4 Å². The molecule has 28 heavy (non-hydrogen) atoms. The number of allylic oxidation sites excluding steroid dienone is 2. The number of benzene rings is 2. The number of carbonyl (C=O) groups is 1. The van der Waals surface area contributed by atoms with Gasteiger partial charge in [0.1, 0.15) is 35.4 Å². The van der Waals surface area contributed by atoms with Crippen molar-refractivity contribution in [2.24, 2.45) is 0 Å². The number of phenolic OH excluding ortho intramolecular Hbond substituents is 2. The molecule has 0 saturated heterocycles. The Morgan fingerprint density at radius 2 is 1.96 bits per heavy atom. The molecule has 1 heterocycles. The van der Waals surface area contributed by atoms with Crippen molar-refractivity contribution >= 4 is 5.78 Å². The summed E-state index contributed by atoms with van der Waals surface area (Å²) in [5.41, 5.74) is 2.62. The molecule has 0 unspecified atom stereocenters. The van der Waals surface area contributed by atoms with E-state index in [1.54, 1.807) is 0 Å². The molecule has 1 aliphatic heterocycles. The van der Waals surface area contributed by atoms with Crippen molar-refractivity contribution in [3.05, 3.63) is 52.6 Å². The highest BCUT2D eigenvalue weighted by Gasteiger charge is 2.36. The molecular formula is C22H24O6. The lowest BCUT2D eigenvalue weighted by Gasteiger charge is -2.27. The van der Waals surface area contributed by atoms with Crippen LogP contribution in [0.1, 0.15) is 41.3 Å². The molecule has 0 fully saturated rings. The smallest absolute Gasteiger partial charge is 0.177 e. The molecule has 6 nitrogen and oxygen atoms in total. The van der Waals surface area contributed by atoms with Crippen LogP contribution in [0.5, 0.6) is 28.7 Å². The third-order valence-electron chi connectivity index (χ3n) is 4.80. The maximum Gasteiger partial charge on any atom is 0.177 e. The number of aromatic hydroxyl groups is 2. The van der Waals surface area contributed by atoms with Gasteiger partial charge in [0.15, 0.2) is 5.78 Å². The van der Waals surface area contributed by atoms with E-state index in [1.807, 2.05) is 19.9 Å². The van der Waals surface area contributed by atoms with Gasteiger partial charge >= 0.3 is 0 Å². The van der Waals surface area contributed by atoms with Gasteiger partial charge in [-0.15, -0.1) is 0 Å². The molecule has 1 aliphatic rings. The van der Waals surface area contributed by atoms with Gasteiger partial charge in [-0.1, -0.05) is 11.6 Å². The van der Waals surface area contributed by atoms with Crippen LogP contribution >= 0.6 is 0 Å². The average molecular weight is 384 g/mol.